The van der Waals surface area contributed by atoms with Crippen molar-refractivity contribution >= 4 is 5.78 Å². The third-order valence-electron chi connectivity index (χ3n) is 2.98. The maximum Gasteiger partial charge on any atom is 0.143 e. The van der Waals surface area contributed by atoms with Crippen LogP contribution >= 0.6 is 0 Å². The molecule has 0 aromatic carbocycles. The monoisotopic (exact) mass is 178 g/mol. The van der Waals surface area contributed by atoms with Gasteiger partial charge in [-0.05, 0) is 18.8 Å². The summed E-state index contributed by atoms with van der Waals surface area (Å²) >= 11 is 0. The average molecular weight is 178 g/mol. The summed E-state index contributed by atoms with van der Waals surface area (Å²) in [6.07, 6.45) is 8.45. The maximum atomic E-state index is 11.8. The summed E-state index contributed by atoms with van der Waals surface area (Å²) in [6.45, 7) is 7.95. The molecule has 1 nitrogen and oxygen atoms in total. The van der Waals surface area contributed by atoms with Gasteiger partial charge in [-0.15, -0.1) is 6.58 Å². The topological polar surface area (TPSA) is 17.1 Å². The van der Waals surface area contributed by atoms with Gasteiger partial charge in [0.2, 0.25) is 0 Å². The summed E-state index contributed by atoms with van der Waals surface area (Å²) in [6, 6.07) is 0. The Labute approximate surface area is 80.5 Å². The smallest absolute Gasteiger partial charge is 0.143 e. The Morgan fingerprint density at radius 1 is 1.69 bits per heavy atom. The minimum Gasteiger partial charge on any atom is -0.299 e. The molecule has 1 aliphatic rings. The molecule has 0 saturated heterocycles. The molecule has 1 heteroatoms. The van der Waals surface area contributed by atoms with Crippen molar-refractivity contribution in [2.75, 3.05) is 0 Å². The number of carbonyl (C=O) groups excluding carboxylic acids is 1. The number of Topliss-reactive ketones (excluding diaryl/α,β-unsaturated/α-hetero) is 1. The van der Waals surface area contributed by atoms with Crippen molar-refractivity contribution in [3.05, 3.63) is 24.8 Å². The van der Waals surface area contributed by atoms with Crippen LogP contribution in [0.3, 0.4) is 0 Å². The summed E-state index contributed by atoms with van der Waals surface area (Å²) in [4.78, 5) is 11.8. The Morgan fingerprint density at radius 2 is 2.38 bits per heavy atom. The van der Waals surface area contributed by atoms with Gasteiger partial charge in [0, 0.05) is 6.42 Å². The fourth-order valence-corrected chi connectivity index (χ4v) is 2.00. The van der Waals surface area contributed by atoms with Crippen LogP contribution in [-0.4, -0.2) is 5.78 Å². The van der Waals surface area contributed by atoms with Gasteiger partial charge in [-0.1, -0.05) is 32.1 Å². The number of allylic oxidation sites excluding steroid dienone is 3. The van der Waals surface area contributed by atoms with Crippen LogP contribution in [0.25, 0.3) is 0 Å². The zero-order valence-corrected chi connectivity index (χ0v) is 8.55. The van der Waals surface area contributed by atoms with Crippen LogP contribution in [-0.2, 0) is 4.79 Å². The maximum absolute atomic E-state index is 11.8. The Hall–Kier alpha value is -0.850. The summed E-state index contributed by atoms with van der Waals surface area (Å²) in [7, 11) is 0. The Morgan fingerprint density at radius 3 is 2.85 bits per heavy atom. The Kier molecular flexibility index (Phi) is 3.07. The van der Waals surface area contributed by atoms with Crippen LogP contribution in [0.4, 0.5) is 0 Å². The predicted octanol–water partition coefficient (Wildman–Crippen LogP) is 3.12. The molecule has 0 aliphatic heterocycles. The first-order chi connectivity index (χ1) is 6.13. The fourth-order valence-electron chi connectivity index (χ4n) is 2.00. The van der Waals surface area contributed by atoms with Gasteiger partial charge < -0.3 is 0 Å². The van der Waals surface area contributed by atoms with Gasteiger partial charge in [-0.2, -0.15) is 0 Å². The molecule has 1 aliphatic carbocycles. The summed E-state index contributed by atoms with van der Waals surface area (Å²) in [5, 5.41) is 0. The fraction of sp³-hybridized carbons (Fsp3) is 0.583. The summed E-state index contributed by atoms with van der Waals surface area (Å²) in [5.74, 6) is 0.749. The first-order valence-corrected chi connectivity index (χ1v) is 4.95. The lowest BCUT2D eigenvalue weighted by atomic mass is 9.68. The molecule has 0 bridgehead atoms. The van der Waals surface area contributed by atoms with Crippen LogP contribution in [0.5, 0.6) is 0 Å². The first-order valence-electron chi connectivity index (χ1n) is 4.95. The van der Waals surface area contributed by atoms with Gasteiger partial charge in [-0.25, -0.2) is 0 Å². The molecular formula is C12H18O. The van der Waals surface area contributed by atoms with Crippen LogP contribution in [0.2, 0.25) is 0 Å². The molecule has 72 valence electrons. The van der Waals surface area contributed by atoms with E-state index in [0.717, 1.165) is 12.8 Å². The van der Waals surface area contributed by atoms with Crippen molar-refractivity contribution in [1.82, 2.24) is 0 Å². The number of rotatable bonds is 3. The Bertz CT molecular complexity index is 238. The zero-order chi connectivity index (χ0) is 9.90. The number of ketones is 1. The van der Waals surface area contributed by atoms with E-state index in [9.17, 15) is 4.79 Å². The van der Waals surface area contributed by atoms with Crippen molar-refractivity contribution in [1.29, 1.82) is 0 Å². The highest BCUT2D eigenvalue weighted by Crippen LogP contribution is 2.38. The van der Waals surface area contributed by atoms with Gasteiger partial charge in [0.15, 0.2) is 0 Å². The number of carbonyl (C=O) groups is 1. The second kappa shape index (κ2) is 3.91. The molecule has 0 fully saturated rings. The standard InChI is InChI=1S/C12H18O/c1-4-8-12(10(2)3)9-6-5-7-11(12)13/h4,6,9-10H,1,5,7-8H2,2-3H3. The predicted molar refractivity (Wildman–Crippen MR) is 55.5 cm³/mol. The van der Waals surface area contributed by atoms with E-state index in [4.69, 9.17) is 0 Å². The van der Waals surface area contributed by atoms with Gasteiger partial charge >= 0.3 is 0 Å². The molecule has 0 saturated carbocycles. The van der Waals surface area contributed by atoms with Crippen molar-refractivity contribution in [3.8, 4) is 0 Å². The van der Waals surface area contributed by atoms with Crippen LogP contribution in [0.1, 0.15) is 33.1 Å². The molecule has 0 N–H and O–H groups in total. The molecule has 0 aromatic rings. The SMILES string of the molecule is C=CCC1(C(C)C)C=CCCC1=O. The molecular weight excluding hydrogens is 160 g/mol. The summed E-state index contributed by atoms with van der Waals surface area (Å²) in [5.41, 5.74) is -0.250. The van der Waals surface area contributed by atoms with Gasteiger partial charge in [-0.3, -0.25) is 4.79 Å². The lowest BCUT2D eigenvalue weighted by Crippen LogP contribution is -2.35. The average Bonchev–Trinajstić information content (AvgIpc) is 2.09. The van der Waals surface area contributed by atoms with Crippen LogP contribution in [0.15, 0.2) is 24.8 Å². The van der Waals surface area contributed by atoms with E-state index in [0.29, 0.717) is 18.1 Å². The second-order valence-corrected chi connectivity index (χ2v) is 4.05. The molecule has 0 spiro atoms. The molecule has 0 aromatic heterocycles. The zero-order valence-electron chi connectivity index (χ0n) is 8.55. The highest BCUT2D eigenvalue weighted by Gasteiger charge is 2.38. The highest BCUT2D eigenvalue weighted by molar-refractivity contribution is 5.88. The van der Waals surface area contributed by atoms with Crippen molar-refractivity contribution in [2.45, 2.75) is 33.1 Å². The third-order valence-corrected chi connectivity index (χ3v) is 2.98. The van der Waals surface area contributed by atoms with Gasteiger partial charge in [0.25, 0.3) is 0 Å². The first kappa shape index (κ1) is 10.2. The van der Waals surface area contributed by atoms with E-state index in [2.05, 4.69) is 32.6 Å². The minimum absolute atomic E-state index is 0.250. The minimum atomic E-state index is -0.250. The van der Waals surface area contributed by atoms with Gasteiger partial charge in [0.1, 0.15) is 5.78 Å². The largest absolute Gasteiger partial charge is 0.299 e. The van der Waals surface area contributed by atoms with Crippen LogP contribution in [0, 0.1) is 11.3 Å². The quantitative estimate of drug-likeness (QED) is 0.607. The number of hydrogen-bond acceptors (Lipinski definition) is 1. The van der Waals surface area contributed by atoms with Crippen LogP contribution < -0.4 is 0 Å². The molecule has 13 heavy (non-hydrogen) atoms. The molecule has 0 amide bonds. The van der Waals surface area contributed by atoms with Crippen molar-refractivity contribution < 1.29 is 4.79 Å². The van der Waals surface area contributed by atoms with Gasteiger partial charge in [0.05, 0.1) is 5.41 Å². The van der Waals surface area contributed by atoms with E-state index in [-0.39, 0.29) is 5.41 Å². The third kappa shape index (κ3) is 1.74. The normalized spacial score (nSPS) is 28.1. The second-order valence-electron chi connectivity index (χ2n) is 4.05. The Balaban J connectivity index is 2.99. The van der Waals surface area contributed by atoms with E-state index >= 15 is 0 Å². The molecule has 1 unspecified atom stereocenters. The highest BCUT2D eigenvalue weighted by atomic mass is 16.1. The van der Waals surface area contributed by atoms with E-state index < -0.39 is 0 Å². The number of hydrogen-bond donors (Lipinski definition) is 0. The molecule has 0 heterocycles. The van der Waals surface area contributed by atoms with E-state index in [1.54, 1.807) is 0 Å². The van der Waals surface area contributed by atoms with E-state index in [1.165, 1.54) is 0 Å². The molecule has 1 rings (SSSR count). The van der Waals surface area contributed by atoms with Crippen molar-refractivity contribution in [2.24, 2.45) is 11.3 Å². The molecule has 1 atom stereocenters. The summed E-state index contributed by atoms with van der Waals surface area (Å²) < 4.78 is 0. The molecule has 0 radical (unpaired) electrons. The lowest BCUT2D eigenvalue weighted by Gasteiger charge is -2.34. The van der Waals surface area contributed by atoms with E-state index in [1.807, 2.05) is 6.08 Å². The lowest BCUT2D eigenvalue weighted by molar-refractivity contribution is -0.128. The van der Waals surface area contributed by atoms with Crippen molar-refractivity contribution in [3.63, 3.8) is 0 Å².